The van der Waals surface area contributed by atoms with Crippen LogP contribution >= 0.6 is 23.2 Å². The summed E-state index contributed by atoms with van der Waals surface area (Å²) in [6.45, 7) is 0.389. The van der Waals surface area contributed by atoms with E-state index >= 15 is 0 Å². The average Bonchev–Trinajstić information content (AvgIpc) is 2.61. The summed E-state index contributed by atoms with van der Waals surface area (Å²) in [5, 5.41) is 11.8. The number of nitro benzene ring substituents is 1. The quantitative estimate of drug-likeness (QED) is 0.560. The van der Waals surface area contributed by atoms with Crippen molar-refractivity contribution in [2.75, 3.05) is 19.7 Å². The van der Waals surface area contributed by atoms with Gasteiger partial charge in [-0.15, -0.1) is 0 Å². The summed E-state index contributed by atoms with van der Waals surface area (Å²) < 4.78 is 32.6. The van der Waals surface area contributed by atoms with Crippen molar-refractivity contribution in [1.29, 1.82) is 0 Å². The molecule has 138 valence electrons. The number of hydrogen-bond acceptors (Lipinski definition) is 5. The minimum Gasteiger partial charge on any atom is -0.371 e. The lowest BCUT2D eigenvalue weighted by atomic mass is 10.1. The van der Waals surface area contributed by atoms with E-state index in [4.69, 9.17) is 27.9 Å². The van der Waals surface area contributed by atoms with Crippen LogP contribution in [0.5, 0.6) is 0 Å². The second kappa shape index (κ2) is 7.50. The van der Waals surface area contributed by atoms with E-state index < -0.39 is 21.1 Å². The van der Waals surface area contributed by atoms with Crippen LogP contribution in [0.4, 0.5) is 5.69 Å². The van der Waals surface area contributed by atoms with Gasteiger partial charge in [-0.2, -0.15) is 4.31 Å². The predicted molar refractivity (Wildman–Crippen MR) is 97.0 cm³/mol. The Balaban J connectivity index is 1.88. The van der Waals surface area contributed by atoms with Crippen LogP contribution in [0.1, 0.15) is 11.7 Å². The first-order chi connectivity index (χ1) is 12.3. The third kappa shape index (κ3) is 3.99. The molecule has 7 nitrogen and oxygen atoms in total. The van der Waals surface area contributed by atoms with Crippen molar-refractivity contribution in [3.05, 3.63) is 68.2 Å². The Kier molecular flexibility index (Phi) is 5.50. The maximum absolute atomic E-state index is 12.9. The van der Waals surface area contributed by atoms with Gasteiger partial charge in [0.05, 0.1) is 22.5 Å². The zero-order valence-corrected chi connectivity index (χ0v) is 15.7. The molecule has 10 heteroatoms. The zero-order valence-electron chi connectivity index (χ0n) is 13.3. The van der Waals surface area contributed by atoms with Gasteiger partial charge < -0.3 is 4.74 Å². The maximum atomic E-state index is 12.9. The Morgan fingerprint density at radius 2 is 1.85 bits per heavy atom. The molecule has 0 bridgehead atoms. The molecule has 0 radical (unpaired) electrons. The second-order valence-corrected chi connectivity index (χ2v) is 8.49. The lowest BCUT2D eigenvalue weighted by molar-refractivity contribution is -0.385. The predicted octanol–water partition coefficient (Wildman–Crippen LogP) is 3.66. The van der Waals surface area contributed by atoms with Crippen LogP contribution in [-0.4, -0.2) is 37.3 Å². The molecule has 1 fully saturated rings. The van der Waals surface area contributed by atoms with E-state index in [0.29, 0.717) is 15.6 Å². The summed E-state index contributed by atoms with van der Waals surface area (Å²) in [7, 11) is -3.90. The molecule has 0 N–H and O–H groups in total. The van der Waals surface area contributed by atoms with Crippen molar-refractivity contribution in [2.24, 2.45) is 0 Å². The van der Waals surface area contributed by atoms with Crippen LogP contribution in [0.15, 0.2) is 47.4 Å². The molecule has 1 saturated heterocycles. The molecule has 0 aromatic heterocycles. The number of sulfonamides is 1. The molecule has 3 rings (SSSR count). The van der Waals surface area contributed by atoms with Crippen molar-refractivity contribution in [3.8, 4) is 0 Å². The lowest BCUT2D eigenvalue weighted by Crippen LogP contribution is -2.42. The molecule has 1 aliphatic heterocycles. The molecule has 0 aliphatic carbocycles. The number of rotatable bonds is 4. The Morgan fingerprint density at radius 3 is 2.50 bits per heavy atom. The maximum Gasteiger partial charge on any atom is 0.270 e. The highest BCUT2D eigenvalue weighted by atomic mass is 35.5. The lowest BCUT2D eigenvalue weighted by Gasteiger charge is -2.32. The third-order valence-corrected chi connectivity index (χ3v) is 6.25. The highest BCUT2D eigenvalue weighted by molar-refractivity contribution is 7.89. The van der Waals surface area contributed by atoms with E-state index in [0.717, 1.165) is 6.07 Å². The topological polar surface area (TPSA) is 89.8 Å². The molecule has 1 unspecified atom stereocenters. The fraction of sp³-hybridized carbons (Fsp3) is 0.250. The van der Waals surface area contributed by atoms with Gasteiger partial charge >= 0.3 is 0 Å². The van der Waals surface area contributed by atoms with E-state index in [2.05, 4.69) is 0 Å². The van der Waals surface area contributed by atoms with Crippen molar-refractivity contribution < 1.29 is 18.1 Å². The Hall–Kier alpha value is -1.71. The van der Waals surface area contributed by atoms with E-state index in [1.807, 2.05) is 0 Å². The van der Waals surface area contributed by atoms with Gasteiger partial charge in [-0.25, -0.2) is 8.42 Å². The molecule has 2 aromatic carbocycles. The fourth-order valence-electron chi connectivity index (χ4n) is 2.71. The highest BCUT2D eigenvalue weighted by Crippen LogP contribution is 2.30. The molecule has 1 heterocycles. The summed E-state index contributed by atoms with van der Waals surface area (Å²) in [6, 6.07) is 9.89. The minimum absolute atomic E-state index is 0.0572. The molecule has 0 spiro atoms. The van der Waals surface area contributed by atoms with E-state index in [9.17, 15) is 18.5 Å². The first-order valence-electron chi connectivity index (χ1n) is 7.59. The Labute approximate surface area is 160 Å². The van der Waals surface area contributed by atoms with Gasteiger partial charge in [-0.05, 0) is 29.8 Å². The van der Waals surface area contributed by atoms with Gasteiger partial charge in [0.2, 0.25) is 10.0 Å². The molecule has 2 aromatic rings. The molecule has 0 amide bonds. The molecule has 26 heavy (non-hydrogen) atoms. The van der Waals surface area contributed by atoms with Crippen molar-refractivity contribution in [1.82, 2.24) is 4.31 Å². The van der Waals surface area contributed by atoms with Gasteiger partial charge in [0.25, 0.3) is 5.69 Å². The molecular weight excluding hydrogens is 403 g/mol. The monoisotopic (exact) mass is 416 g/mol. The van der Waals surface area contributed by atoms with Crippen LogP contribution < -0.4 is 0 Å². The molecular formula is C16H14Cl2N2O5S. The highest BCUT2D eigenvalue weighted by Gasteiger charge is 2.32. The second-order valence-electron chi connectivity index (χ2n) is 5.68. The number of hydrogen-bond donors (Lipinski definition) is 0. The van der Waals surface area contributed by atoms with Gasteiger partial charge in [-0.1, -0.05) is 29.3 Å². The summed E-state index contributed by atoms with van der Waals surface area (Å²) in [5.74, 6) is 0. The van der Waals surface area contributed by atoms with E-state index in [1.165, 1.54) is 22.5 Å². The molecule has 0 saturated carbocycles. The summed E-state index contributed by atoms with van der Waals surface area (Å²) in [6.07, 6.45) is -0.534. The van der Waals surface area contributed by atoms with Crippen LogP contribution in [0.25, 0.3) is 0 Å². The molecule has 1 aliphatic rings. The average molecular weight is 417 g/mol. The van der Waals surface area contributed by atoms with Gasteiger partial charge in [0.15, 0.2) is 0 Å². The first kappa shape index (κ1) is 19.1. The Bertz CT molecular complexity index is 931. The van der Waals surface area contributed by atoms with Crippen LogP contribution in [0.3, 0.4) is 0 Å². The summed E-state index contributed by atoms with van der Waals surface area (Å²) >= 11 is 12.0. The molecule has 1 atom stereocenters. The normalized spacial score (nSPS) is 18.6. The minimum atomic E-state index is -3.90. The summed E-state index contributed by atoms with van der Waals surface area (Å²) in [5.41, 5.74) is 0.388. The third-order valence-electron chi connectivity index (χ3n) is 3.95. The van der Waals surface area contributed by atoms with Crippen LogP contribution in [0.2, 0.25) is 10.0 Å². The number of halogens is 2. The number of morpholine rings is 1. The SMILES string of the molecule is O=[N+]([O-])c1cccc(S(=O)(=O)N2CCOC(c3cc(Cl)cc(Cl)c3)C2)c1. The summed E-state index contributed by atoms with van der Waals surface area (Å²) in [4.78, 5) is 10.2. The fourth-order valence-corrected chi connectivity index (χ4v) is 4.72. The van der Waals surface area contributed by atoms with Gasteiger partial charge in [0, 0.05) is 35.3 Å². The number of nitro groups is 1. The standard InChI is InChI=1S/C16H14Cl2N2O5S/c17-12-6-11(7-13(18)8-12)16-10-19(4-5-25-16)26(23,24)15-3-1-2-14(9-15)20(21)22/h1-3,6-9,16H,4-5,10H2. The number of ether oxygens (including phenoxy) is 1. The van der Waals surface area contributed by atoms with E-state index in [1.54, 1.807) is 18.2 Å². The Morgan fingerprint density at radius 1 is 1.15 bits per heavy atom. The number of benzene rings is 2. The number of nitrogens with zero attached hydrogens (tertiary/aromatic N) is 2. The van der Waals surface area contributed by atoms with Crippen molar-refractivity contribution >= 4 is 38.9 Å². The number of non-ortho nitro benzene ring substituents is 1. The van der Waals surface area contributed by atoms with Crippen molar-refractivity contribution in [2.45, 2.75) is 11.0 Å². The zero-order chi connectivity index (χ0) is 18.9. The smallest absolute Gasteiger partial charge is 0.270 e. The largest absolute Gasteiger partial charge is 0.371 e. The van der Waals surface area contributed by atoms with Crippen LogP contribution in [-0.2, 0) is 14.8 Å². The van der Waals surface area contributed by atoms with Gasteiger partial charge in [0.1, 0.15) is 0 Å². The van der Waals surface area contributed by atoms with E-state index in [-0.39, 0.29) is 30.3 Å². The van der Waals surface area contributed by atoms with Gasteiger partial charge in [-0.3, -0.25) is 10.1 Å². The first-order valence-corrected chi connectivity index (χ1v) is 9.79. The van der Waals surface area contributed by atoms with Crippen LogP contribution in [0, 0.1) is 10.1 Å². The van der Waals surface area contributed by atoms with Crippen molar-refractivity contribution in [3.63, 3.8) is 0 Å².